The van der Waals surface area contributed by atoms with Crippen molar-refractivity contribution in [3.05, 3.63) is 16.4 Å². The Morgan fingerprint density at radius 1 is 1.50 bits per heavy atom. The van der Waals surface area contributed by atoms with Gasteiger partial charge in [-0.3, -0.25) is 16.0 Å². The molecular formula is C14H25ClN4S. The van der Waals surface area contributed by atoms with Gasteiger partial charge in [0.25, 0.3) is 0 Å². The number of hydrogen-bond acceptors (Lipinski definition) is 4. The van der Waals surface area contributed by atoms with Crippen molar-refractivity contribution in [2.24, 2.45) is 11.8 Å². The van der Waals surface area contributed by atoms with E-state index in [4.69, 9.17) is 17.4 Å². The number of nitrogens with two attached hydrogens (primary N) is 1. The summed E-state index contributed by atoms with van der Waals surface area (Å²) in [6.07, 6.45) is 4.60. The molecule has 0 amide bonds. The summed E-state index contributed by atoms with van der Waals surface area (Å²) in [5, 5.41) is 5.27. The second-order valence-corrected chi connectivity index (χ2v) is 7.12. The molecule has 114 valence electrons. The van der Waals surface area contributed by atoms with Crippen molar-refractivity contribution in [2.45, 2.75) is 52.1 Å². The lowest BCUT2D eigenvalue weighted by Gasteiger charge is -2.26. The Morgan fingerprint density at radius 2 is 2.20 bits per heavy atom. The maximum atomic E-state index is 6.38. The summed E-state index contributed by atoms with van der Waals surface area (Å²) in [6, 6.07) is 0.280. The van der Waals surface area contributed by atoms with Gasteiger partial charge in [-0.1, -0.05) is 11.6 Å². The number of hydrazine groups is 1. The fourth-order valence-corrected chi connectivity index (χ4v) is 4.31. The number of hydrogen-bond donors (Lipinski definition) is 2. The van der Waals surface area contributed by atoms with Crippen LogP contribution in [0.25, 0.3) is 0 Å². The summed E-state index contributed by atoms with van der Waals surface area (Å²) < 4.78 is 2.00. The number of thioether (sulfide) groups is 1. The van der Waals surface area contributed by atoms with Gasteiger partial charge in [0.15, 0.2) is 0 Å². The Bertz CT molecular complexity index is 429. The monoisotopic (exact) mass is 316 g/mol. The third-order valence-electron chi connectivity index (χ3n) is 4.09. The van der Waals surface area contributed by atoms with Gasteiger partial charge in [0.1, 0.15) is 0 Å². The number of aromatic nitrogens is 2. The van der Waals surface area contributed by atoms with Gasteiger partial charge >= 0.3 is 0 Å². The largest absolute Gasteiger partial charge is 0.271 e. The standard InChI is InChI=1S/C14H25ClN4S/c1-3-19-13(14(15)10(2)18-19)9-12(17-16)8-11-4-6-20-7-5-11/h11-12,17H,3-9,16H2,1-2H3. The molecule has 1 aromatic heterocycles. The van der Waals surface area contributed by atoms with Crippen molar-refractivity contribution in [2.75, 3.05) is 11.5 Å². The van der Waals surface area contributed by atoms with Crippen molar-refractivity contribution < 1.29 is 0 Å². The molecule has 2 rings (SSSR count). The first-order chi connectivity index (χ1) is 9.65. The van der Waals surface area contributed by atoms with Crippen molar-refractivity contribution in [1.29, 1.82) is 0 Å². The highest BCUT2D eigenvalue weighted by molar-refractivity contribution is 7.99. The van der Waals surface area contributed by atoms with Gasteiger partial charge < -0.3 is 0 Å². The fourth-order valence-electron chi connectivity index (χ4n) is 2.89. The summed E-state index contributed by atoms with van der Waals surface area (Å²) >= 11 is 8.44. The predicted molar refractivity (Wildman–Crippen MR) is 87.1 cm³/mol. The van der Waals surface area contributed by atoms with Crippen LogP contribution in [0, 0.1) is 12.8 Å². The highest BCUT2D eigenvalue weighted by Crippen LogP contribution is 2.28. The smallest absolute Gasteiger partial charge is 0.0847 e. The summed E-state index contributed by atoms with van der Waals surface area (Å²) in [5.74, 6) is 9.12. The Balaban J connectivity index is 2.02. The average molecular weight is 317 g/mol. The number of aryl methyl sites for hydroxylation is 2. The van der Waals surface area contributed by atoms with E-state index in [0.29, 0.717) is 0 Å². The molecule has 4 nitrogen and oxygen atoms in total. The highest BCUT2D eigenvalue weighted by Gasteiger charge is 2.22. The normalized spacial score (nSPS) is 18.4. The van der Waals surface area contributed by atoms with Crippen LogP contribution in [0.15, 0.2) is 0 Å². The topological polar surface area (TPSA) is 55.9 Å². The molecule has 1 aliphatic heterocycles. The van der Waals surface area contributed by atoms with Crippen LogP contribution in [0.4, 0.5) is 0 Å². The van der Waals surface area contributed by atoms with Gasteiger partial charge in [-0.05, 0) is 50.5 Å². The van der Waals surface area contributed by atoms with Crippen LogP contribution < -0.4 is 11.3 Å². The first-order valence-corrected chi connectivity index (χ1v) is 8.94. The minimum Gasteiger partial charge on any atom is -0.271 e. The molecule has 20 heavy (non-hydrogen) atoms. The Hall–Kier alpha value is -0.230. The van der Waals surface area contributed by atoms with Crippen LogP contribution >= 0.6 is 23.4 Å². The maximum Gasteiger partial charge on any atom is 0.0847 e. The number of halogens is 1. The molecule has 0 radical (unpaired) electrons. The zero-order valence-corrected chi connectivity index (χ0v) is 13.9. The molecule has 0 bridgehead atoms. The molecule has 1 aromatic rings. The quantitative estimate of drug-likeness (QED) is 0.626. The first-order valence-electron chi connectivity index (χ1n) is 7.41. The van der Waals surface area contributed by atoms with E-state index >= 15 is 0 Å². The third-order valence-corrected chi connectivity index (χ3v) is 5.63. The molecule has 0 saturated carbocycles. The van der Waals surface area contributed by atoms with Crippen LogP contribution in [-0.4, -0.2) is 27.3 Å². The van der Waals surface area contributed by atoms with Gasteiger partial charge in [0.2, 0.25) is 0 Å². The van der Waals surface area contributed by atoms with Crippen molar-refractivity contribution in [1.82, 2.24) is 15.2 Å². The lowest BCUT2D eigenvalue weighted by molar-refractivity contribution is 0.360. The summed E-state index contributed by atoms with van der Waals surface area (Å²) in [5.41, 5.74) is 5.00. The molecule has 1 saturated heterocycles. The van der Waals surface area contributed by atoms with Crippen LogP contribution in [0.3, 0.4) is 0 Å². The zero-order chi connectivity index (χ0) is 14.5. The number of nitrogens with zero attached hydrogens (tertiary/aromatic N) is 2. The van der Waals surface area contributed by atoms with E-state index < -0.39 is 0 Å². The lowest BCUT2D eigenvalue weighted by Crippen LogP contribution is -2.39. The molecular weight excluding hydrogens is 292 g/mol. The minimum absolute atomic E-state index is 0.280. The molecule has 3 N–H and O–H groups in total. The molecule has 2 heterocycles. The van der Waals surface area contributed by atoms with E-state index in [1.807, 2.05) is 11.6 Å². The highest BCUT2D eigenvalue weighted by atomic mass is 35.5. The van der Waals surface area contributed by atoms with E-state index in [-0.39, 0.29) is 6.04 Å². The number of nitrogens with one attached hydrogen (secondary N) is 1. The molecule has 1 unspecified atom stereocenters. The Labute approximate surface area is 130 Å². The average Bonchev–Trinajstić information content (AvgIpc) is 2.75. The molecule has 0 aromatic carbocycles. The van der Waals surface area contributed by atoms with Crippen LogP contribution in [0.5, 0.6) is 0 Å². The molecule has 1 atom stereocenters. The van der Waals surface area contributed by atoms with Gasteiger partial charge in [0.05, 0.1) is 16.4 Å². The minimum atomic E-state index is 0.280. The molecule has 1 fully saturated rings. The molecule has 0 spiro atoms. The van der Waals surface area contributed by atoms with Gasteiger partial charge in [0, 0.05) is 19.0 Å². The van der Waals surface area contributed by atoms with Crippen LogP contribution in [0.1, 0.15) is 37.6 Å². The van der Waals surface area contributed by atoms with E-state index in [9.17, 15) is 0 Å². The molecule has 1 aliphatic rings. The molecule has 0 aliphatic carbocycles. The first kappa shape index (κ1) is 16.1. The third kappa shape index (κ3) is 3.91. The van der Waals surface area contributed by atoms with Crippen molar-refractivity contribution in [3.8, 4) is 0 Å². The van der Waals surface area contributed by atoms with E-state index in [1.165, 1.54) is 24.3 Å². The summed E-state index contributed by atoms with van der Waals surface area (Å²) in [7, 11) is 0. The maximum absolute atomic E-state index is 6.38. The SMILES string of the molecule is CCn1nc(C)c(Cl)c1CC(CC1CCSCC1)NN. The van der Waals surface area contributed by atoms with Crippen molar-refractivity contribution in [3.63, 3.8) is 0 Å². The van der Waals surface area contributed by atoms with E-state index in [1.54, 1.807) is 0 Å². The lowest BCUT2D eigenvalue weighted by atomic mass is 9.92. The predicted octanol–water partition coefficient (Wildman–Crippen LogP) is 2.77. The van der Waals surface area contributed by atoms with Crippen LogP contribution in [-0.2, 0) is 13.0 Å². The second-order valence-electron chi connectivity index (χ2n) is 5.52. The number of rotatable bonds is 6. The van der Waals surface area contributed by atoms with Gasteiger partial charge in [-0.15, -0.1) is 0 Å². The second kappa shape index (κ2) is 7.69. The van der Waals surface area contributed by atoms with E-state index in [0.717, 1.165) is 41.7 Å². The summed E-state index contributed by atoms with van der Waals surface area (Å²) in [4.78, 5) is 0. The van der Waals surface area contributed by atoms with Gasteiger partial charge in [-0.25, -0.2) is 0 Å². The Kier molecular flexibility index (Phi) is 6.20. The van der Waals surface area contributed by atoms with Crippen molar-refractivity contribution >= 4 is 23.4 Å². The van der Waals surface area contributed by atoms with E-state index in [2.05, 4.69) is 29.2 Å². The molecule has 6 heteroatoms. The fraction of sp³-hybridized carbons (Fsp3) is 0.786. The van der Waals surface area contributed by atoms with Gasteiger partial charge in [-0.2, -0.15) is 16.9 Å². The van der Waals surface area contributed by atoms with Crippen LogP contribution in [0.2, 0.25) is 5.02 Å². The Morgan fingerprint density at radius 3 is 2.80 bits per heavy atom. The summed E-state index contributed by atoms with van der Waals surface area (Å²) in [6.45, 7) is 4.90. The zero-order valence-electron chi connectivity index (χ0n) is 12.4.